The van der Waals surface area contributed by atoms with Gasteiger partial charge >= 0.3 is 0 Å². The van der Waals surface area contributed by atoms with Gasteiger partial charge in [0.15, 0.2) is 0 Å². The van der Waals surface area contributed by atoms with Crippen LogP contribution in [0.3, 0.4) is 0 Å². The van der Waals surface area contributed by atoms with Crippen LogP contribution in [0.2, 0.25) is 0 Å². The van der Waals surface area contributed by atoms with Crippen LogP contribution in [0.25, 0.3) is 0 Å². The molecule has 1 N–H and O–H groups in total. The van der Waals surface area contributed by atoms with E-state index in [1.807, 2.05) is 13.0 Å². The van der Waals surface area contributed by atoms with Crippen LogP contribution in [0.5, 0.6) is 5.88 Å². The quantitative estimate of drug-likeness (QED) is 0.838. The van der Waals surface area contributed by atoms with Crippen molar-refractivity contribution in [1.82, 2.24) is 15.3 Å². The van der Waals surface area contributed by atoms with Crippen molar-refractivity contribution in [1.29, 1.82) is 0 Å². The Balaban J connectivity index is 1.71. The van der Waals surface area contributed by atoms with Crippen LogP contribution in [0.15, 0.2) is 12.4 Å². The van der Waals surface area contributed by atoms with Crippen molar-refractivity contribution in [2.45, 2.75) is 26.2 Å². The molecule has 4 nitrogen and oxygen atoms in total. The van der Waals surface area contributed by atoms with Gasteiger partial charge in [-0.25, -0.2) is 9.97 Å². The third kappa shape index (κ3) is 3.45. The Labute approximate surface area is 96.4 Å². The third-order valence-corrected chi connectivity index (χ3v) is 2.95. The number of hydrogen-bond acceptors (Lipinski definition) is 4. The fraction of sp³-hybridized carbons (Fsp3) is 0.667. The summed E-state index contributed by atoms with van der Waals surface area (Å²) in [7, 11) is 0. The molecule has 88 valence electrons. The molecule has 1 aliphatic rings. The van der Waals surface area contributed by atoms with E-state index in [4.69, 9.17) is 4.74 Å². The molecule has 4 heteroatoms. The molecule has 1 fully saturated rings. The lowest BCUT2D eigenvalue weighted by atomic mass is 9.97. The summed E-state index contributed by atoms with van der Waals surface area (Å²) in [5.74, 6) is 1.45. The van der Waals surface area contributed by atoms with E-state index in [0.717, 1.165) is 31.2 Å². The predicted molar refractivity (Wildman–Crippen MR) is 62.5 cm³/mol. The van der Waals surface area contributed by atoms with Crippen LogP contribution >= 0.6 is 0 Å². The molecular formula is C12H19N3O. The van der Waals surface area contributed by atoms with Gasteiger partial charge in [-0.1, -0.05) is 0 Å². The molecule has 2 rings (SSSR count). The van der Waals surface area contributed by atoms with Crippen molar-refractivity contribution in [3.8, 4) is 5.88 Å². The zero-order chi connectivity index (χ0) is 11.2. The van der Waals surface area contributed by atoms with Gasteiger partial charge in [-0.3, -0.25) is 0 Å². The topological polar surface area (TPSA) is 47.0 Å². The summed E-state index contributed by atoms with van der Waals surface area (Å²) in [6, 6.07) is 1.87. The van der Waals surface area contributed by atoms with E-state index in [-0.39, 0.29) is 0 Å². The lowest BCUT2D eigenvalue weighted by molar-refractivity contribution is 0.247. The summed E-state index contributed by atoms with van der Waals surface area (Å²) < 4.78 is 5.61. The minimum atomic E-state index is 0.691. The monoisotopic (exact) mass is 221 g/mol. The zero-order valence-corrected chi connectivity index (χ0v) is 9.78. The molecule has 0 aliphatic carbocycles. The Morgan fingerprint density at radius 3 is 3.19 bits per heavy atom. The Kier molecular flexibility index (Phi) is 4.10. The van der Waals surface area contributed by atoms with Gasteiger partial charge in [-0.05, 0) is 45.2 Å². The van der Waals surface area contributed by atoms with Crippen LogP contribution in [0.4, 0.5) is 0 Å². The molecule has 0 bridgehead atoms. The van der Waals surface area contributed by atoms with Gasteiger partial charge in [0, 0.05) is 11.8 Å². The highest BCUT2D eigenvalue weighted by Gasteiger charge is 2.12. The van der Waals surface area contributed by atoms with Crippen LogP contribution in [0.1, 0.15) is 25.0 Å². The lowest BCUT2D eigenvalue weighted by Gasteiger charge is -2.22. The average molecular weight is 221 g/mol. The fourth-order valence-electron chi connectivity index (χ4n) is 2.01. The molecule has 0 radical (unpaired) electrons. The number of aromatic nitrogens is 2. The maximum atomic E-state index is 5.61. The van der Waals surface area contributed by atoms with E-state index in [9.17, 15) is 0 Å². The van der Waals surface area contributed by atoms with Gasteiger partial charge in [0.2, 0.25) is 5.88 Å². The second-order valence-corrected chi connectivity index (χ2v) is 4.35. The summed E-state index contributed by atoms with van der Waals surface area (Å²) in [4.78, 5) is 8.11. The van der Waals surface area contributed by atoms with Crippen molar-refractivity contribution < 1.29 is 4.74 Å². The number of rotatable bonds is 4. The van der Waals surface area contributed by atoms with E-state index in [1.54, 1.807) is 6.33 Å². The summed E-state index contributed by atoms with van der Waals surface area (Å²) in [6.07, 6.45) is 5.26. The van der Waals surface area contributed by atoms with Gasteiger partial charge in [0.1, 0.15) is 6.33 Å². The fourth-order valence-corrected chi connectivity index (χ4v) is 2.01. The molecule has 16 heavy (non-hydrogen) atoms. The van der Waals surface area contributed by atoms with Crippen molar-refractivity contribution in [3.63, 3.8) is 0 Å². The molecule has 1 atom stereocenters. The number of ether oxygens (including phenoxy) is 1. The first-order valence-corrected chi connectivity index (χ1v) is 5.97. The first kappa shape index (κ1) is 11.3. The normalized spacial score (nSPS) is 20.7. The molecule has 0 amide bonds. The van der Waals surface area contributed by atoms with Crippen LogP contribution in [-0.4, -0.2) is 29.7 Å². The molecule has 1 unspecified atom stereocenters. The van der Waals surface area contributed by atoms with Crippen molar-refractivity contribution >= 4 is 0 Å². The number of nitrogens with zero attached hydrogens (tertiary/aromatic N) is 2. The van der Waals surface area contributed by atoms with Gasteiger partial charge in [0.05, 0.1) is 6.61 Å². The smallest absolute Gasteiger partial charge is 0.216 e. The largest absolute Gasteiger partial charge is 0.478 e. The predicted octanol–water partition coefficient (Wildman–Crippen LogP) is 1.55. The zero-order valence-electron chi connectivity index (χ0n) is 9.78. The van der Waals surface area contributed by atoms with Crippen molar-refractivity contribution in [2.24, 2.45) is 5.92 Å². The highest BCUT2D eigenvalue weighted by molar-refractivity contribution is 5.11. The average Bonchev–Trinajstić information content (AvgIpc) is 2.30. The van der Waals surface area contributed by atoms with Gasteiger partial charge in [-0.2, -0.15) is 0 Å². The molecule has 1 aromatic heterocycles. The van der Waals surface area contributed by atoms with E-state index in [2.05, 4.69) is 15.3 Å². The van der Waals surface area contributed by atoms with Gasteiger partial charge < -0.3 is 10.1 Å². The van der Waals surface area contributed by atoms with Crippen molar-refractivity contribution in [2.75, 3.05) is 19.7 Å². The Bertz CT molecular complexity index is 324. The molecule has 1 aromatic rings. The minimum Gasteiger partial charge on any atom is -0.478 e. The second-order valence-electron chi connectivity index (χ2n) is 4.35. The highest BCUT2D eigenvalue weighted by Crippen LogP contribution is 2.14. The summed E-state index contributed by atoms with van der Waals surface area (Å²) in [5, 5.41) is 3.41. The highest BCUT2D eigenvalue weighted by atomic mass is 16.5. The molecule has 2 heterocycles. The van der Waals surface area contributed by atoms with E-state index < -0.39 is 0 Å². The number of aryl methyl sites for hydroxylation is 1. The van der Waals surface area contributed by atoms with Crippen LogP contribution in [-0.2, 0) is 0 Å². The van der Waals surface area contributed by atoms with E-state index in [1.165, 1.54) is 19.4 Å². The Hall–Kier alpha value is -1.16. The molecule has 1 saturated heterocycles. The minimum absolute atomic E-state index is 0.691. The lowest BCUT2D eigenvalue weighted by Crippen LogP contribution is -2.30. The molecular weight excluding hydrogens is 202 g/mol. The summed E-state index contributed by atoms with van der Waals surface area (Å²) in [5.41, 5.74) is 0.948. The van der Waals surface area contributed by atoms with Gasteiger partial charge in [-0.15, -0.1) is 0 Å². The Morgan fingerprint density at radius 1 is 1.50 bits per heavy atom. The van der Waals surface area contributed by atoms with E-state index >= 15 is 0 Å². The molecule has 0 saturated carbocycles. The molecule has 0 spiro atoms. The van der Waals surface area contributed by atoms with Crippen molar-refractivity contribution in [3.05, 3.63) is 18.1 Å². The van der Waals surface area contributed by atoms with Gasteiger partial charge in [0.25, 0.3) is 0 Å². The number of hydrogen-bond donors (Lipinski definition) is 1. The first-order valence-electron chi connectivity index (χ1n) is 5.97. The maximum Gasteiger partial charge on any atom is 0.216 e. The molecule has 0 aromatic carbocycles. The maximum absolute atomic E-state index is 5.61. The summed E-state index contributed by atoms with van der Waals surface area (Å²) in [6.45, 7) is 5.00. The number of nitrogens with one attached hydrogen (secondary N) is 1. The Morgan fingerprint density at radius 2 is 2.44 bits per heavy atom. The summed E-state index contributed by atoms with van der Waals surface area (Å²) >= 11 is 0. The molecule has 1 aliphatic heterocycles. The van der Waals surface area contributed by atoms with Crippen LogP contribution in [0, 0.1) is 12.8 Å². The SMILES string of the molecule is Cc1cc(OCCC2CCCNC2)ncn1. The van der Waals surface area contributed by atoms with E-state index in [0.29, 0.717) is 5.88 Å². The first-order chi connectivity index (χ1) is 7.84. The van der Waals surface area contributed by atoms with Crippen LogP contribution < -0.4 is 10.1 Å². The third-order valence-electron chi connectivity index (χ3n) is 2.95. The standard InChI is InChI=1S/C12H19N3O/c1-10-7-12(15-9-14-10)16-6-4-11-3-2-5-13-8-11/h7,9,11,13H,2-6,8H2,1H3. The second kappa shape index (κ2) is 5.80. The number of piperidine rings is 1.